The molecule has 1 aliphatic heterocycles. The number of hydrogen-bond donors (Lipinski definition) is 1. The van der Waals surface area contributed by atoms with Gasteiger partial charge in [-0.3, -0.25) is 4.79 Å². The highest BCUT2D eigenvalue weighted by molar-refractivity contribution is 5.82. The van der Waals surface area contributed by atoms with Gasteiger partial charge in [-0.25, -0.2) is 4.79 Å². The number of amides is 1. The Bertz CT molecular complexity index is 276. The molecular weight excluding hydrogens is 196 g/mol. The van der Waals surface area contributed by atoms with Gasteiger partial charge in [0.25, 0.3) is 0 Å². The number of carbonyl (C=O) groups is 2. The molecule has 5 heteroatoms. The molecule has 1 unspecified atom stereocenters. The van der Waals surface area contributed by atoms with Crippen molar-refractivity contribution in [3.05, 3.63) is 12.3 Å². The molecule has 0 saturated carbocycles. The van der Waals surface area contributed by atoms with Crippen LogP contribution < -0.4 is 5.73 Å². The van der Waals surface area contributed by atoms with Crippen molar-refractivity contribution in [2.45, 2.75) is 25.3 Å². The maximum atomic E-state index is 11.1. The Kier molecular flexibility index (Phi) is 4.15. The van der Waals surface area contributed by atoms with E-state index in [0.29, 0.717) is 0 Å². The number of carbonyl (C=O) groups excluding carboxylic acids is 2. The quantitative estimate of drug-likeness (QED) is 0.528. The minimum Gasteiger partial charge on any atom is -0.466 e. The summed E-state index contributed by atoms with van der Waals surface area (Å²) in [6.07, 6.45) is 5.65. The molecule has 1 rings (SSSR count). The summed E-state index contributed by atoms with van der Waals surface area (Å²) in [5.74, 6) is -0.770. The van der Waals surface area contributed by atoms with E-state index in [1.54, 1.807) is 11.1 Å². The largest absolute Gasteiger partial charge is 0.466 e. The molecule has 1 heterocycles. The van der Waals surface area contributed by atoms with Crippen molar-refractivity contribution in [2.24, 2.45) is 5.73 Å². The summed E-state index contributed by atoms with van der Waals surface area (Å²) in [4.78, 5) is 23.8. The Hall–Kier alpha value is -1.52. The van der Waals surface area contributed by atoms with Crippen molar-refractivity contribution < 1.29 is 14.3 Å². The van der Waals surface area contributed by atoms with Gasteiger partial charge in [-0.15, -0.1) is 0 Å². The number of esters is 1. The topological polar surface area (TPSA) is 72.6 Å². The number of likely N-dealkylation sites (tertiary alicyclic amines) is 1. The average molecular weight is 212 g/mol. The van der Waals surface area contributed by atoms with Crippen molar-refractivity contribution in [3.8, 4) is 0 Å². The first-order valence-electron chi connectivity index (χ1n) is 4.96. The van der Waals surface area contributed by atoms with Crippen LogP contribution in [0.4, 0.5) is 0 Å². The molecule has 5 nitrogen and oxygen atoms in total. The number of primary amides is 1. The summed E-state index contributed by atoms with van der Waals surface area (Å²) in [6, 6.07) is -0.292. The van der Waals surface area contributed by atoms with Crippen LogP contribution in [0.2, 0.25) is 0 Å². The second-order valence-electron chi connectivity index (χ2n) is 3.49. The summed E-state index contributed by atoms with van der Waals surface area (Å²) in [7, 11) is 1.31. The summed E-state index contributed by atoms with van der Waals surface area (Å²) in [6.45, 7) is 0.751. The predicted octanol–water partition coefficient (Wildman–Crippen LogP) is 0.0129. The predicted molar refractivity (Wildman–Crippen MR) is 54.7 cm³/mol. The Morgan fingerprint density at radius 2 is 2.20 bits per heavy atom. The Morgan fingerprint density at radius 3 is 2.80 bits per heavy atom. The summed E-state index contributed by atoms with van der Waals surface area (Å²) in [5.41, 5.74) is 5.27. The molecule has 0 bridgehead atoms. The molecule has 0 spiro atoms. The summed E-state index contributed by atoms with van der Waals surface area (Å²) >= 11 is 0. The van der Waals surface area contributed by atoms with Gasteiger partial charge in [0.1, 0.15) is 6.04 Å². The van der Waals surface area contributed by atoms with Gasteiger partial charge in [-0.2, -0.15) is 0 Å². The van der Waals surface area contributed by atoms with Crippen LogP contribution in [0.25, 0.3) is 0 Å². The van der Waals surface area contributed by atoms with Gasteiger partial charge in [0.05, 0.1) is 7.11 Å². The lowest BCUT2D eigenvalue weighted by molar-refractivity contribution is -0.135. The van der Waals surface area contributed by atoms with E-state index in [1.165, 1.54) is 13.2 Å². The van der Waals surface area contributed by atoms with Crippen LogP contribution in [0.3, 0.4) is 0 Å². The molecule has 1 fully saturated rings. The van der Waals surface area contributed by atoms with E-state index in [2.05, 4.69) is 4.74 Å². The Balaban J connectivity index is 2.60. The summed E-state index contributed by atoms with van der Waals surface area (Å²) < 4.78 is 4.47. The molecule has 1 atom stereocenters. The molecule has 0 aliphatic carbocycles. The van der Waals surface area contributed by atoms with Crippen LogP contribution in [-0.4, -0.2) is 36.5 Å². The second-order valence-corrected chi connectivity index (χ2v) is 3.49. The van der Waals surface area contributed by atoms with Crippen LogP contribution in [0, 0.1) is 0 Å². The molecule has 84 valence electrons. The fourth-order valence-corrected chi connectivity index (χ4v) is 1.66. The lowest BCUT2D eigenvalue weighted by atomic mass is 10.0. The lowest BCUT2D eigenvalue weighted by Gasteiger charge is -2.32. The van der Waals surface area contributed by atoms with Crippen LogP contribution in [0.15, 0.2) is 12.3 Å². The van der Waals surface area contributed by atoms with E-state index >= 15 is 0 Å². The van der Waals surface area contributed by atoms with E-state index in [0.717, 1.165) is 25.8 Å². The van der Waals surface area contributed by atoms with Crippen LogP contribution in [-0.2, 0) is 14.3 Å². The van der Waals surface area contributed by atoms with Crippen molar-refractivity contribution >= 4 is 11.9 Å². The zero-order valence-corrected chi connectivity index (χ0v) is 8.81. The van der Waals surface area contributed by atoms with E-state index < -0.39 is 5.97 Å². The second kappa shape index (κ2) is 5.38. The van der Waals surface area contributed by atoms with Crippen LogP contribution in [0.1, 0.15) is 19.3 Å². The minimum atomic E-state index is -0.427. The van der Waals surface area contributed by atoms with Crippen molar-refractivity contribution in [3.63, 3.8) is 0 Å². The molecule has 2 N–H and O–H groups in total. The fraction of sp³-hybridized carbons (Fsp3) is 0.600. The molecule has 0 aromatic carbocycles. The normalized spacial score (nSPS) is 21.7. The molecule has 1 amide bonds. The number of ether oxygens (including phenoxy) is 1. The maximum absolute atomic E-state index is 11.1. The SMILES string of the molecule is COC(=O)C=CN1CCCCC1C(N)=O. The third-order valence-corrected chi connectivity index (χ3v) is 2.48. The Morgan fingerprint density at radius 1 is 1.47 bits per heavy atom. The van der Waals surface area contributed by atoms with Gasteiger partial charge >= 0.3 is 5.97 Å². The van der Waals surface area contributed by atoms with Gasteiger partial charge in [0.2, 0.25) is 5.91 Å². The van der Waals surface area contributed by atoms with Gasteiger partial charge in [-0.05, 0) is 19.3 Å². The first kappa shape index (κ1) is 11.6. The summed E-state index contributed by atoms with van der Waals surface area (Å²) in [5, 5.41) is 0. The van der Waals surface area contributed by atoms with Crippen LogP contribution >= 0.6 is 0 Å². The van der Waals surface area contributed by atoms with Crippen molar-refractivity contribution in [2.75, 3.05) is 13.7 Å². The molecule has 1 aliphatic rings. The number of hydrogen-bond acceptors (Lipinski definition) is 4. The first-order valence-corrected chi connectivity index (χ1v) is 4.96. The van der Waals surface area contributed by atoms with Gasteiger partial charge in [0.15, 0.2) is 0 Å². The van der Waals surface area contributed by atoms with Gasteiger partial charge < -0.3 is 15.4 Å². The van der Waals surface area contributed by atoms with Gasteiger partial charge in [0, 0.05) is 18.8 Å². The molecule has 0 aromatic rings. The molecule has 0 radical (unpaired) electrons. The number of piperidine rings is 1. The third-order valence-electron chi connectivity index (χ3n) is 2.48. The standard InChI is InChI=1S/C10H16N2O3/c1-15-9(13)5-7-12-6-3-2-4-8(12)10(11)14/h5,7-8H,2-4,6H2,1H3,(H2,11,14). The first-order chi connectivity index (χ1) is 7.15. The number of nitrogens with two attached hydrogens (primary N) is 1. The van der Waals surface area contributed by atoms with E-state index in [9.17, 15) is 9.59 Å². The minimum absolute atomic E-state index is 0.292. The highest BCUT2D eigenvalue weighted by atomic mass is 16.5. The third kappa shape index (κ3) is 3.27. The van der Waals surface area contributed by atoms with Crippen LogP contribution in [0.5, 0.6) is 0 Å². The van der Waals surface area contributed by atoms with E-state index in [4.69, 9.17) is 5.73 Å². The molecule has 0 aromatic heterocycles. The monoisotopic (exact) mass is 212 g/mol. The highest BCUT2D eigenvalue weighted by Crippen LogP contribution is 2.16. The number of methoxy groups -OCH3 is 1. The zero-order chi connectivity index (χ0) is 11.3. The average Bonchev–Trinajstić information content (AvgIpc) is 2.26. The maximum Gasteiger partial charge on any atom is 0.331 e. The highest BCUT2D eigenvalue weighted by Gasteiger charge is 2.24. The Labute approximate surface area is 88.9 Å². The van der Waals surface area contributed by atoms with Crippen molar-refractivity contribution in [1.82, 2.24) is 4.90 Å². The molecule has 1 saturated heterocycles. The van der Waals surface area contributed by atoms with Gasteiger partial charge in [-0.1, -0.05) is 0 Å². The number of rotatable bonds is 3. The lowest BCUT2D eigenvalue weighted by Crippen LogP contribution is -2.44. The smallest absolute Gasteiger partial charge is 0.331 e. The van der Waals surface area contributed by atoms with E-state index in [1.807, 2.05) is 0 Å². The van der Waals surface area contributed by atoms with Crippen molar-refractivity contribution in [1.29, 1.82) is 0 Å². The number of nitrogens with zero attached hydrogens (tertiary/aromatic N) is 1. The fourth-order valence-electron chi connectivity index (χ4n) is 1.66. The molecular formula is C10H16N2O3. The zero-order valence-electron chi connectivity index (χ0n) is 8.81. The molecule has 15 heavy (non-hydrogen) atoms. The van der Waals surface area contributed by atoms with E-state index in [-0.39, 0.29) is 11.9 Å².